The zero-order valence-electron chi connectivity index (χ0n) is 28.2. The molecular weight excluding hydrogens is 470 g/mol. The smallest absolute Gasteiger partial charge is 0.0529 e. The van der Waals surface area contributed by atoms with Crippen LogP contribution in [0, 0.1) is 0 Å². The number of hydrogen-bond donors (Lipinski definition) is 0. The molecule has 0 radical (unpaired) electrons. The molecule has 3 rings (SSSR count). The number of aryl methyl sites for hydroxylation is 5. The van der Waals surface area contributed by atoms with Crippen LogP contribution in [0.5, 0.6) is 0 Å². The molecule has 1 nitrogen and oxygen atoms in total. The highest BCUT2D eigenvalue weighted by molar-refractivity contribution is 6.15. The molecule has 1 heteroatoms. The summed E-state index contributed by atoms with van der Waals surface area (Å²) in [5, 5.41) is 3.23. The van der Waals surface area contributed by atoms with Crippen LogP contribution in [0.3, 0.4) is 0 Å². The second-order valence-corrected chi connectivity index (χ2v) is 12.5. The first-order valence-corrected chi connectivity index (χ1v) is 16.8. The summed E-state index contributed by atoms with van der Waals surface area (Å²) in [6, 6.07) is 0. The number of fused-ring (bicyclic) bond motifs is 3. The minimum absolute atomic E-state index is 0.216. The number of benzene rings is 2. The predicted molar refractivity (Wildman–Crippen MR) is 177 cm³/mol. The molecule has 0 atom stereocenters. The highest BCUT2D eigenvalue weighted by Crippen LogP contribution is 2.50. The van der Waals surface area contributed by atoms with Crippen LogP contribution < -0.4 is 0 Å². The van der Waals surface area contributed by atoms with Crippen molar-refractivity contribution in [2.24, 2.45) is 0 Å². The van der Waals surface area contributed by atoms with E-state index in [9.17, 15) is 0 Å². The summed E-state index contributed by atoms with van der Waals surface area (Å²) in [5.74, 6) is 0. The largest absolute Gasteiger partial charge is 0.340 e. The van der Waals surface area contributed by atoms with Crippen LogP contribution >= 0.6 is 0 Å². The van der Waals surface area contributed by atoms with Crippen molar-refractivity contribution >= 4 is 21.8 Å². The van der Waals surface area contributed by atoms with Gasteiger partial charge in [-0.3, -0.25) is 0 Å². The lowest BCUT2D eigenvalue weighted by atomic mass is 9.69. The molecule has 2 aromatic carbocycles. The minimum atomic E-state index is 0.216. The first-order chi connectivity index (χ1) is 18.6. The molecule has 0 amide bonds. The Morgan fingerprint density at radius 1 is 0.410 bits per heavy atom. The maximum absolute atomic E-state index is 2.80. The van der Waals surface area contributed by atoms with E-state index >= 15 is 0 Å². The molecule has 0 spiro atoms. The molecule has 0 aliphatic carbocycles. The van der Waals surface area contributed by atoms with E-state index in [4.69, 9.17) is 0 Å². The van der Waals surface area contributed by atoms with E-state index in [2.05, 4.69) is 94.6 Å². The van der Waals surface area contributed by atoms with Crippen LogP contribution in [0.4, 0.5) is 0 Å². The SMILES string of the molecule is CCc1c(C(C)(CC)CC)c(CC)c2c(c1CC)c1c(CC)c(CC)c(C(C)(CC)CC)c(CC)c1n2CC. The summed E-state index contributed by atoms with van der Waals surface area (Å²) in [7, 11) is 0. The van der Waals surface area contributed by atoms with Crippen molar-refractivity contribution in [2.45, 2.75) is 172 Å². The van der Waals surface area contributed by atoms with Gasteiger partial charge in [0, 0.05) is 17.3 Å². The zero-order chi connectivity index (χ0) is 29.3. The van der Waals surface area contributed by atoms with E-state index in [1.807, 2.05) is 0 Å². The van der Waals surface area contributed by atoms with Crippen LogP contribution in [-0.2, 0) is 55.9 Å². The van der Waals surface area contributed by atoms with Gasteiger partial charge in [0.25, 0.3) is 0 Å². The lowest BCUT2D eigenvalue weighted by molar-refractivity contribution is 0.431. The van der Waals surface area contributed by atoms with Gasteiger partial charge in [-0.25, -0.2) is 0 Å². The Balaban J connectivity index is 2.91. The first kappa shape index (κ1) is 31.8. The molecule has 0 saturated carbocycles. The molecule has 1 heterocycles. The van der Waals surface area contributed by atoms with Crippen molar-refractivity contribution in [1.82, 2.24) is 4.57 Å². The van der Waals surface area contributed by atoms with Crippen LogP contribution in [-0.4, -0.2) is 4.57 Å². The summed E-state index contributed by atoms with van der Waals surface area (Å²) >= 11 is 0. The van der Waals surface area contributed by atoms with Gasteiger partial charge in [-0.05, 0) is 126 Å². The fourth-order valence-electron chi connectivity index (χ4n) is 8.27. The standard InChI is InChI=1S/C38H61N/c1-14-25-27(16-3)33(37(12,20-7)21-8)29(18-5)35-31(25)32-26(15-2)28(17-4)34(38(13,22-9)23-10)30(19-6)36(32)39(35)24-11/h14-24H2,1-13H3. The van der Waals surface area contributed by atoms with Crippen molar-refractivity contribution < 1.29 is 0 Å². The third-order valence-electron chi connectivity index (χ3n) is 11.1. The quantitative estimate of drug-likeness (QED) is 0.207. The monoisotopic (exact) mass is 531 g/mol. The lowest BCUT2D eigenvalue weighted by Gasteiger charge is -2.34. The highest BCUT2D eigenvalue weighted by atomic mass is 15.0. The molecule has 1 aromatic heterocycles. The van der Waals surface area contributed by atoms with Gasteiger partial charge in [-0.15, -0.1) is 0 Å². The zero-order valence-corrected chi connectivity index (χ0v) is 28.2. The van der Waals surface area contributed by atoms with Gasteiger partial charge < -0.3 is 4.57 Å². The molecule has 0 saturated heterocycles. The van der Waals surface area contributed by atoms with E-state index in [1.165, 1.54) is 25.7 Å². The Morgan fingerprint density at radius 2 is 0.692 bits per heavy atom. The Labute approximate surface area is 242 Å². The van der Waals surface area contributed by atoms with Crippen LogP contribution in [0.1, 0.15) is 160 Å². The summed E-state index contributed by atoms with van der Waals surface area (Å²) in [6.45, 7) is 32.7. The van der Waals surface area contributed by atoms with E-state index in [1.54, 1.807) is 66.3 Å². The fourth-order valence-corrected chi connectivity index (χ4v) is 8.27. The van der Waals surface area contributed by atoms with Crippen molar-refractivity contribution in [1.29, 1.82) is 0 Å². The van der Waals surface area contributed by atoms with Gasteiger partial charge in [-0.2, -0.15) is 0 Å². The molecule has 39 heavy (non-hydrogen) atoms. The molecule has 0 bridgehead atoms. The molecule has 0 aliphatic rings. The summed E-state index contributed by atoms with van der Waals surface area (Å²) < 4.78 is 2.80. The molecule has 0 unspecified atom stereocenters. The second-order valence-electron chi connectivity index (χ2n) is 12.5. The van der Waals surface area contributed by atoms with Crippen LogP contribution in [0.15, 0.2) is 0 Å². The summed E-state index contributed by atoms with van der Waals surface area (Å²) in [5.41, 5.74) is 16.9. The Morgan fingerprint density at radius 3 is 0.897 bits per heavy atom. The van der Waals surface area contributed by atoms with E-state index in [0.29, 0.717) is 0 Å². The molecule has 0 fully saturated rings. The van der Waals surface area contributed by atoms with E-state index < -0.39 is 0 Å². The van der Waals surface area contributed by atoms with Gasteiger partial charge >= 0.3 is 0 Å². The Bertz CT molecular complexity index is 1210. The Kier molecular flexibility index (Phi) is 10.1. The maximum atomic E-state index is 2.80. The van der Waals surface area contributed by atoms with Crippen LogP contribution in [0.25, 0.3) is 21.8 Å². The van der Waals surface area contributed by atoms with Crippen LogP contribution in [0.2, 0.25) is 0 Å². The third kappa shape index (κ3) is 4.59. The molecule has 0 N–H and O–H groups in total. The van der Waals surface area contributed by atoms with Gasteiger partial charge in [-0.1, -0.05) is 83.1 Å². The third-order valence-corrected chi connectivity index (χ3v) is 11.1. The number of nitrogens with zero attached hydrogens (tertiary/aromatic N) is 1. The molecule has 3 aromatic rings. The topological polar surface area (TPSA) is 4.93 Å². The lowest BCUT2D eigenvalue weighted by Crippen LogP contribution is -2.25. The molecule has 218 valence electrons. The Hall–Kier alpha value is -1.76. The van der Waals surface area contributed by atoms with Gasteiger partial charge in [0.05, 0.1) is 11.0 Å². The fraction of sp³-hybridized carbons (Fsp3) is 0.684. The predicted octanol–water partition coefficient (Wildman–Crippen LogP) is 11.3. The summed E-state index contributed by atoms with van der Waals surface area (Å²) in [4.78, 5) is 0. The molecule has 0 aliphatic heterocycles. The second kappa shape index (κ2) is 12.4. The number of aromatic nitrogens is 1. The normalized spacial score (nSPS) is 12.8. The number of hydrogen-bond acceptors (Lipinski definition) is 0. The molecular formula is C38H61N. The van der Waals surface area contributed by atoms with Gasteiger partial charge in [0.1, 0.15) is 0 Å². The van der Waals surface area contributed by atoms with Gasteiger partial charge in [0.2, 0.25) is 0 Å². The van der Waals surface area contributed by atoms with E-state index in [0.717, 1.165) is 45.1 Å². The van der Waals surface area contributed by atoms with Crippen molar-refractivity contribution in [3.8, 4) is 0 Å². The van der Waals surface area contributed by atoms with E-state index in [-0.39, 0.29) is 10.8 Å². The van der Waals surface area contributed by atoms with Gasteiger partial charge in [0.15, 0.2) is 0 Å². The highest BCUT2D eigenvalue weighted by Gasteiger charge is 2.36. The maximum Gasteiger partial charge on any atom is 0.0529 e. The summed E-state index contributed by atoms with van der Waals surface area (Å²) in [6.07, 6.45) is 11.5. The minimum Gasteiger partial charge on any atom is -0.340 e. The van der Waals surface area contributed by atoms with Crippen molar-refractivity contribution in [2.75, 3.05) is 0 Å². The van der Waals surface area contributed by atoms with Crippen molar-refractivity contribution in [3.63, 3.8) is 0 Å². The average molecular weight is 532 g/mol. The first-order valence-electron chi connectivity index (χ1n) is 16.8. The average Bonchev–Trinajstić information content (AvgIpc) is 3.32. The number of rotatable bonds is 13. The van der Waals surface area contributed by atoms with Crippen molar-refractivity contribution in [3.05, 3.63) is 44.5 Å².